The van der Waals surface area contributed by atoms with Gasteiger partial charge in [-0.05, 0) is 41.4 Å². The van der Waals surface area contributed by atoms with Gasteiger partial charge in [0.1, 0.15) is 0 Å². The molecule has 0 aliphatic carbocycles. The Hall–Kier alpha value is -0.0900. The van der Waals surface area contributed by atoms with Crippen LogP contribution >= 0.6 is 27.5 Å². The van der Waals surface area contributed by atoms with Crippen LogP contribution in [0.3, 0.4) is 0 Å². The third-order valence-corrected chi connectivity index (χ3v) is 3.29. The first-order valence-corrected chi connectivity index (χ1v) is 5.49. The van der Waals surface area contributed by atoms with Crippen molar-refractivity contribution in [2.75, 3.05) is 0 Å². The molecule has 1 aromatic rings. The summed E-state index contributed by atoms with van der Waals surface area (Å²) in [4.78, 5) is 0. The minimum absolute atomic E-state index is 0.332. The second-order valence-corrected chi connectivity index (χ2v) is 4.69. The van der Waals surface area contributed by atoms with Gasteiger partial charge in [0, 0.05) is 16.1 Å². The Bertz CT molecular complexity index is 341. The van der Waals surface area contributed by atoms with Crippen LogP contribution in [0.2, 0.25) is 5.02 Å². The highest BCUT2D eigenvalue weighted by Crippen LogP contribution is 2.32. The fourth-order valence-corrected chi connectivity index (χ4v) is 2.06. The van der Waals surface area contributed by atoms with E-state index in [0.717, 1.165) is 10.0 Å². The molecule has 3 N–H and O–H groups in total. The SMILES string of the molecule is Cc1cc(Br)c(Cl)c([C@H](O)[C@@H](C)N)c1. The highest BCUT2D eigenvalue weighted by atomic mass is 79.9. The molecule has 0 amide bonds. The zero-order valence-corrected chi connectivity index (χ0v) is 10.4. The lowest BCUT2D eigenvalue weighted by Gasteiger charge is -2.17. The second kappa shape index (κ2) is 4.62. The van der Waals surface area contributed by atoms with E-state index in [0.29, 0.717) is 10.6 Å². The lowest BCUT2D eigenvalue weighted by Crippen LogP contribution is -2.24. The Morgan fingerprint density at radius 2 is 2.07 bits per heavy atom. The van der Waals surface area contributed by atoms with Gasteiger partial charge in [-0.3, -0.25) is 0 Å². The third kappa shape index (κ3) is 2.48. The number of hydrogen-bond donors (Lipinski definition) is 2. The number of rotatable bonds is 2. The highest BCUT2D eigenvalue weighted by Gasteiger charge is 2.17. The maximum Gasteiger partial charge on any atom is 0.0953 e. The largest absolute Gasteiger partial charge is 0.387 e. The van der Waals surface area contributed by atoms with Crippen molar-refractivity contribution in [3.05, 3.63) is 32.8 Å². The lowest BCUT2D eigenvalue weighted by atomic mass is 10.0. The van der Waals surface area contributed by atoms with Crippen molar-refractivity contribution in [2.24, 2.45) is 5.73 Å². The predicted molar refractivity (Wildman–Crippen MR) is 62.5 cm³/mol. The number of benzene rings is 1. The van der Waals surface area contributed by atoms with Crippen molar-refractivity contribution < 1.29 is 5.11 Å². The van der Waals surface area contributed by atoms with E-state index in [-0.39, 0.29) is 6.04 Å². The number of hydrogen-bond acceptors (Lipinski definition) is 2. The Morgan fingerprint density at radius 3 is 2.57 bits per heavy atom. The van der Waals surface area contributed by atoms with E-state index < -0.39 is 6.10 Å². The highest BCUT2D eigenvalue weighted by molar-refractivity contribution is 9.10. The Labute approximate surface area is 97.2 Å². The van der Waals surface area contributed by atoms with Crippen molar-refractivity contribution in [1.82, 2.24) is 0 Å². The number of aryl methyl sites for hydroxylation is 1. The molecule has 1 aromatic carbocycles. The van der Waals surface area contributed by atoms with Crippen LogP contribution in [-0.2, 0) is 0 Å². The van der Waals surface area contributed by atoms with Crippen LogP contribution in [0.25, 0.3) is 0 Å². The first-order chi connectivity index (χ1) is 6.43. The molecule has 0 fully saturated rings. The molecule has 78 valence electrons. The predicted octanol–water partition coefficient (Wildman–Crippen LogP) is 2.79. The summed E-state index contributed by atoms with van der Waals surface area (Å²) in [5, 5.41) is 10.3. The van der Waals surface area contributed by atoms with Crippen LogP contribution < -0.4 is 5.73 Å². The van der Waals surface area contributed by atoms with Crippen molar-refractivity contribution in [3.63, 3.8) is 0 Å². The summed E-state index contributed by atoms with van der Waals surface area (Å²) in [6, 6.07) is 3.42. The standard InChI is InChI=1S/C10H13BrClNO/c1-5-3-7(10(14)6(2)13)9(12)8(11)4-5/h3-4,6,10,14H,13H2,1-2H3/t6-,10-/m1/s1. The van der Waals surface area contributed by atoms with Crippen LogP contribution in [0.1, 0.15) is 24.2 Å². The Kier molecular flexibility index (Phi) is 3.95. The number of aliphatic hydroxyl groups is 1. The zero-order valence-electron chi connectivity index (χ0n) is 8.09. The molecule has 0 saturated heterocycles. The average Bonchev–Trinajstić information content (AvgIpc) is 2.09. The van der Waals surface area contributed by atoms with Crippen molar-refractivity contribution in [3.8, 4) is 0 Å². The summed E-state index contributed by atoms with van der Waals surface area (Å²) in [6.07, 6.45) is -0.723. The first kappa shape index (κ1) is 12.0. The molecular formula is C10H13BrClNO. The van der Waals surface area contributed by atoms with Gasteiger partial charge in [-0.1, -0.05) is 17.7 Å². The van der Waals surface area contributed by atoms with Gasteiger partial charge in [-0.15, -0.1) is 0 Å². The molecule has 4 heteroatoms. The molecule has 2 atom stereocenters. The van der Waals surface area contributed by atoms with E-state index in [1.807, 2.05) is 19.1 Å². The molecule has 0 aromatic heterocycles. The maximum atomic E-state index is 9.80. The monoisotopic (exact) mass is 277 g/mol. The maximum absolute atomic E-state index is 9.80. The van der Waals surface area contributed by atoms with Crippen LogP contribution in [0.15, 0.2) is 16.6 Å². The molecule has 0 unspecified atom stereocenters. The van der Waals surface area contributed by atoms with E-state index in [2.05, 4.69) is 15.9 Å². The van der Waals surface area contributed by atoms with Gasteiger partial charge in [-0.2, -0.15) is 0 Å². The number of aliphatic hydroxyl groups excluding tert-OH is 1. The van der Waals surface area contributed by atoms with Gasteiger partial charge < -0.3 is 10.8 Å². The smallest absolute Gasteiger partial charge is 0.0953 e. The minimum Gasteiger partial charge on any atom is -0.387 e. The molecule has 0 bridgehead atoms. The van der Waals surface area contributed by atoms with Crippen molar-refractivity contribution in [1.29, 1.82) is 0 Å². The molecular weight excluding hydrogens is 265 g/mol. The average molecular weight is 279 g/mol. The summed E-state index contributed by atoms with van der Waals surface area (Å²) in [7, 11) is 0. The summed E-state index contributed by atoms with van der Waals surface area (Å²) >= 11 is 9.37. The van der Waals surface area contributed by atoms with Gasteiger partial charge >= 0.3 is 0 Å². The van der Waals surface area contributed by atoms with E-state index in [9.17, 15) is 5.11 Å². The van der Waals surface area contributed by atoms with E-state index >= 15 is 0 Å². The summed E-state index contributed by atoms with van der Waals surface area (Å²) in [6.45, 7) is 3.69. The second-order valence-electron chi connectivity index (χ2n) is 3.45. The Balaban J connectivity index is 3.20. The van der Waals surface area contributed by atoms with Crippen LogP contribution in [0.4, 0.5) is 0 Å². The van der Waals surface area contributed by atoms with Crippen molar-refractivity contribution in [2.45, 2.75) is 26.0 Å². The van der Waals surface area contributed by atoms with Crippen LogP contribution in [-0.4, -0.2) is 11.1 Å². The molecule has 0 saturated carbocycles. The van der Waals surface area contributed by atoms with E-state index in [4.69, 9.17) is 17.3 Å². The van der Waals surface area contributed by atoms with Gasteiger partial charge in [-0.25, -0.2) is 0 Å². The quantitative estimate of drug-likeness (QED) is 0.874. The van der Waals surface area contributed by atoms with Gasteiger partial charge in [0.15, 0.2) is 0 Å². The zero-order chi connectivity index (χ0) is 10.9. The van der Waals surface area contributed by atoms with Gasteiger partial charge in [0.2, 0.25) is 0 Å². The molecule has 2 nitrogen and oxygen atoms in total. The number of nitrogens with two attached hydrogens (primary N) is 1. The summed E-state index contributed by atoms with van der Waals surface area (Å²) < 4.78 is 0.786. The van der Waals surface area contributed by atoms with Gasteiger partial charge in [0.05, 0.1) is 11.1 Å². The van der Waals surface area contributed by atoms with E-state index in [1.165, 1.54) is 0 Å². The van der Waals surface area contributed by atoms with Crippen LogP contribution in [0, 0.1) is 6.92 Å². The lowest BCUT2D eigenvalue weighted by molar-refractivity contribution is 0.153. The first-order valence-electron chi connectivity index (χ1n) is 4.32. The molecule has 0 aliphatic rings. The topological polar surface area (TPSA) is 46.2 Å². The summed E-state index contributed by atoms with van der Waals surface area (Å²) in [5.41, 5.74) is 7.33. The Morgan fingerprint density at radius 1 is 1.50 bits per heavy atom. The third-order valence-electron chi connectivity index (χ3n) is 2.02. The van der Waals surface area contributed by atoms with Crippen molar-refractivity contribution >= 4 is 27.5 Å². The molecule has 14 heavy (non-hydrogen) atoms. The molecule has 0 aliphatic heterocycles. The molecule has 0 heterocycles. The van der Waals surface area contributed by atoms with Gasteiger partial charge in [0.25, 0.3) is 0 Å². The fourth-order valence-electron chi connectivity index (χ4n) is 1.25. The van der Waals surface area contributed by atoms with E-state index in [1.54, 1.807) is 6.92 Å². The number of halogens is 2. The summed E-state index contributed by atoms with van der Waals surface area (Å²) in [5.74, 6) is 0. The molecule has 0 spiro atoms. The minimum atomic E-state index is -0.723. The molecule has 1 rings (SSSR count). The van der Waals surface area contributed by atoms with Crippen LogP contribution in [0.5, 0.6) is 0 Å². The normalized spacial score (nSPS) is 15.3. The molecule has 0 radical (unpaired) electrons. The fraction of sp³-hybridized carbons (Fsp3) is 0.400.